The van der Waals surface area contributed by atoms with Gasteiger partial charge in [0.2, 0.25) is 5.91 Å². The number of rotatable bonds is 4. The molecule has 0 unspecified atom stereocenters. The summed E-state index contributed by atoms with van der Waals surface area (Å²) in [5, 5.41) is 5.88. The van der Waals surface area contributed by atoms with Crippen molar-refractivity contribution >= 4 is 46.5 Å². The number of anilines is 2. The highest BCUT2D eigenvalue weighted by Gasteiger charge is 2.59. The van der Waals surface area contributed by atoms with Gasteiger partial charge in [0, 0.05) is 0 Å². The topological polar surface area (TPSA) is 88.5 Å². The zero-order valence-electron chi connectivity index (χ0n) is 15.5. The number of nitrogens with zero attached hydrogens (tertiary/aromatic N) is 3. The normalized spacial score (nSPS) is 20.6. The molecule has 4 rings (SSSR count). The Balaban J connectivity index is 1.85. The summed E-state index contributed by atoms with van der Waals surface area (Å²) in [7, 11) is 2.64. The number of halogens is 1. The molecule has 148 valence electrons. The lowest BCUT2D eigenvalue weighted by Gasteiger charge is -2.23. The Morgan fingerprint density at radius 1 is 1.00 bits per heavy atom. The molecule has 8 nitrogen and oxygen atoms in total. The van der Waals surface area contributed by atoms with Crippen LogP contribution in [0.25, 0.3) is 0 Å². The standard InChI is InChI=1S/C20H16ClN3O5/c1-28-14-10-6-5-9-13(14)23-18(25)15-16(20(27)29-2)22-24(17(15)19(23)26)12-8-4-3-7-11(12)21/h3-10,15,17H,1-2H3/t15-,17-/m1/s1. The molecule has 1 fully saturated rings. The summed E-state index contributed by atoms with van der Waals surface area (Å²) in [6.45, 7) is 0. The summed E-state index contributed by atoms with van der Waals surface area (Å²) < 4.78 is 10.1. The minimum Gasteiger partial charge on any atom is -0.495 e. The fraction of sp³-hybridized carbons (Fsp3) is 0.200. The second-order valence-electron chi connectivity index (χ2n) is 6.38. The summed E-state index contributed by atoms with van der Waals surface area (Å²) in [5.74, 6) is -2.65. The molecule has 0 radical (unpaired) electrons. The Labute approximate surface area is 171 Å². The summed E-state index contributed by atoms with van der Waals surface area (Å²) in [5.41, 5.74) is 0.557. The van der Waals surface area contributed by atoms with Gasteiger partial charge in [-0.25, -0.2) is 14.7 Å². The zero-order chi connectivity index (χ0) is 20.7. The van der Waals surface area contributed by atoms with E-state index < -0.39 is 29.7 Å². The third-order valence-corrected chi connectivity index (χ3v) is 5.19. The first-order chi connectivity index (χ1) is 14.0. The van der Waals surface area contributed by atoms with E-state index in [2.05, 4.69) is 5.10 Å². The molecular weight excluding hydrogens is 398 g/mol. The van der Waals surface area contributed by atoms with Gasteiger partial charge in [-0.3, -0.25) is 9.59 Å². The number of hydrogen-bond donors (Lipinski definition) is 0. The highest BCUT2D eigenvalue weighted by molar-refractivity contribution is 6.47. The molecule has 2 aromatic carbocycles. The van der Waals surface area contributed by atoms with Crippen LogP contribution in [0.4, 0.5) is 11.4 Å². The number of fused-ring (bicyclic) bond motifs is 1. The van der Waals surface area contributed by atoms with Crippen LogP contribution in [0.15, 0.2) is 53.6 Å². The second-order valence-corrected chi connectivity index (χ2v) is 6.79. The summed E-state index contributed by atoms with van der Waals surface area (Å²) >= 11 is 6.28. The van der Waals surface area contributed by atoms with Gasteiger partial charge in [0.25, 0.3) is 5.91 Å². The van der Waals surface area contributed by atoms with Crippen molar-refractivity contribution in [1.29, 1.82) is 0 Å². The van der Waals surface area contributed by atoms with E-state index in [1.807, 2.05) is 0 Å². The van der Waals surface area contributed by atoms with E-state index in [1.165, 1.54) is 19.2 Å². The maximum Gasteiger partial charge on any atom is 0.355 e. The van der Waals surface area contributed by atoms with Crippen molar-refractivity contribution in [3.8, 4) is 5.75 Å². The molecule has 2 heterocycles. The number of hydrogen-bond acceptors (Lipinski definition) is 7. The molecule has 2 aliphatic rings. The van der Waals surface area contributed by atoms with E-state index in [0.717, 1.165) is 4.90 Å². The van der Waals surface area contributed by atoms with Crippen molar-refractivity contribution in [2.75, 3.05) is 24.1 Å². The highest BCUT2D eigenvalue weighted by Crippen LogP contribution is 2.41. The molecule has 2 amide bonds. The lowest BCUT2D eigenvalue weighted by Crippen LogP contribution is -2.39. The van der Waals surface area contributed by atoms with Crippen LogP contribution in [0, 0.1) is 5.92 Å². The number of carbonyl (C=O) groups is 3. The second kappa shape index (κ2) is 7.21. The molecule has 29 heavy (non-hydrogen) atoms. The number of hydrazone groups is 1. The molecule has 0 aromatic heterocycles. The van der Waals surface area contributed by atoms with E-state index in [0.29, 0.717) is 22.1 Å². The van der Waals surface area contributed by atoms with Crippen LogP contribution in [0.2, 0.25) is 5.02 Å². The van der Waals surface area contributed by atoms with Crippen molar-refractivity contribution in [1.82, 2.24) is 0 Å². The SMILES string of the molecule is COC(=O)C1=NN(c2ccccc2Cl)[C@H]2C(=O)N(c3ccccc3OC)C(=O)[C@H]12. The van der Waals surface area contributed by atoms with Crippen LogP contribution >= 0.6 is 11.6 Å². The van der Waals surface area contributed by atoms with Crippen molar-refractivity contribution in [3.05, 3.63) is 53.6 Å². The van der Waals surface area contributed by atoms with Crippen LogP contribution in [0.3, 0.4) is 0 Å². The van der Waals surface area contributed by atoms with Crippen molar-refractivity contribution in [2.24, 2.45) is 11.0 Å². The Kier molecular flexibility index (Phi) is 4.71. The lowest BCUT2D eigenvalue weighted by atomic mass is 9.98. The molecular formula is C20H16ClN3O5. The number of imide groups is 1. The Bertz CT molecular complexity index is 1050. The molecule has 2 aromatic rings. The number of carbonyl (C=O) groups excluding carboxylic acids is 3. The minimum absolute atomic E-state index is 0.145. The summed E-state index contributed by atoms with van der Waals surface area (Å²) in [6.07, 6.45) is 0. The number of esters is 1. The van der Waals surface area contributed by atoms with E-state index in [9.17, 15) is 14.4 Å². The van der Waals surface area contributed by atoms with Crippen LogP contribution < -0.4 is 14.6 Å². The number of benzene rings is 2. The average Bonchev–Trinajstić information content (AvgIpc) is 3.25. The van der Waals surface area contributed by atoms with Gasteiger partial charge in [0.1, 0.15) is 17.7 Å². The van der Waals surface area contributed by atoms with Crippen LogP contribution in [0.1, 0.15) is 0 Å². The van der Waals surface area contributed by atoms with Crippen molar-refractivity contribution in [3.63, 3.8) is 0 Å². The van der Waals surface area contributed by atoms with Gasteiger partial charge in [-0.15, -0.1) is 0 Å². The van der Waals surface area contributed by atoms with Gasteiger partial charge >= 0.3 is 5.97 Å². The molecule has 0 bridgehead atoms. The molecule has 0 aliphatic carbocycles. The number of methoxy groups -OCH3 is 2. The smallest absolute Gasteiger partial charge is 0.355 e. The molecule has 0 saturated carbocycles. The van der Waals surface area contributed by atoms with Gasteiger partial charge < -0.3 is 9.47 Å². The fourth-order valence-corrected chi connectivity index (χ4v) is 3.80. The first-order valence-corrected chi connectivity index (χ1v) is 9.08. The Morgan fingerprint density at radius 3 is 2.31 bits per heavy atom. The lowest BCUT2D eigenvalue weighted by molar-refractivity contribution is -0.133. The third kappa shape index (κ3) is 2.84. The quantitative estimate of drug-likeness (QED) is 0.564. The van der Waals surface area contributed by atoms with Crippen LogP contribution in [-0.2, 0) is 19.1 Å². The monoisotopic (exact) mass is 413 g/mol. The molecule has 0 spiro atoms. The van der Waals surface area contributed by atoms with Gasteiger partial charge in [0.15, 0.2) is 5.71 Å². The Morgan fingerprint density at radius 2 is 1.66 bits per heavy atom. The molecule has 2 atom stereocenters. The van der Waals surface area contributed by atoms with E-state index >= 15 is 0 Å². The molecule has 9 heteroatoms. The van der Waals surface area contributed by atoms with Crippen molar-refractivity contribution < 1.29 is 23.9 Å². The molecule has 2 aliphatic heterocycles. The fourth-order valence-electron chi connectivity index (χ4n) is 3.58. The van der Waals surface area contributed by atoms with E-state index in [1.54, 1.807) is 48.5 Å². The summed E-state index contributed by atoms with van der Waals surface area (Å²) in [4.78, 5) is 40.0. The van der Waals surface area contributed by atoms with Gasteiger partial charge in [-0.1, -0.05) is 35.9 Å². The third-order valence-electron chi connectivity index (χ3n) is 4.87. The van der Waals surface area contributed by atoms with Crippen molar-refractivity contribution in [2.45, 2.75) is 6.04 Å². The van der Waals surface area contributed by atoms with Crippen LogP contribution in [-0.4, -0.2) is 43.8 Å². The van der Waals surface area contributed by atoms with Gasteiger partial charge in [-0.05, 0) is 24.3 Å². The summed E-state index contributed by atoms with van der Waals surface area (Å²) in [6, 6.07) is 12.4. The Hall–Kier alpha value is -3.39. The average molecular weight is 414 g/mol. The zero-order valence-corrected chi connectivity index (χ0v) is 16.3. The first-order valence-electron chi connectivity index (χ1n) is 8.71. The van der Waals surface area contributed by atoms with Gasteiger partial charge in [-0.2, -0.15) is 5.10 Å². The molecule has 0 N–H and O–H groups in total. The molecule has 1 saturated heterocycles. The van der Waals surface area contributed by atoms with Crippen LogP contribution in [0.5, 0.6) is 5.75 Å². The predicted molar refractivity (Wildman–Crippen MR) is 106 cm³/mol. The largest absolute Gasteiger partial charge is 0.495 e. The number of amides is 2. The van der Waals surface area contributed by atoms with E-state index in [4.69, 9.17) is 21.1 Å². The van der Waals surface area contributed by atoms with Gasteiger partial charge in [0.05, 0.1) is 30.6 Å². The highest BCUT2D eigenvalue weighted by atomic mass is 35.5. The number of ether oxygens (including phenoxy) is 2. The maximum atomic E-state index is 13.4. The maximum absolute atomic E-state index is 13.4. The van der Waals surface area contributed by atoms with E-state index in [-0.39, 0.29) is 5.71 Å². The first kappa shape index (κ1) is 18.9. The number of para-hydroxylation sites is 3. The predicted octanol–water partition coefficient (Wildman–Crippen LogP) is 2.26. The minimum atomic E-state index is -1.11.